The van der Waals surface area contributed by atoms with Crippen LogP contribution in [-0.2, 0) is 23.6 Å². The molecule has 2 aliphatic rings. The molecule has 2 atom stereocenters. The zero-order chi connectivity index (χ0) is 25.8. The molecule has 2 aromatic heterocycles. The third-order valence-corrected chi connectivity index (χ3v) is 6.74. The van der Waals surface area contributed by atoms with Crippen LogP contribution in [-0.4, -0.2) is 38.9 Å². The number of carbonyl (C=O) groups is 1. The summed E-state index contributed by atoms with van der Waals surface area (Å²) in [5.74, 6) is -5.30. The number of nitrogens with one attached hydrogen (secondary N) is 2. The molecule has 0 spiro atoms. The van der Waals surface area contributed by atoms with E-state index in [9.17, 15) is 31.1 Å². The summed E-state index contributed by atoms with van der Waals surface area (Å²) in [6, 6.07) is 4.39. The Balaban J connectivity index is 1.65. The van der Waals surface area contributed by atoms with Gasteiger partial charge in [-0.05, 0) is 49.4 Å². The molecule has 0 saturated carbocycles. The van der Waals surface area contributed by atoms with Gasteiger partial charge in [0.15, 0.2) is 0 Å². The van der Waals surface area contributed by atoms with Gasteiger partial charge >= 0.3 is 12.4 Å². The summed E-state index contributed by atoms with van der Waals surface area (Å²) in [5, 5.41) is 4.06. The molecule has 36 heavy (non-hydrogen) atoms. The molecule has 192 valence electrons. The molecule has 1 fully saturated rings. The lowest BCUT2D eigenvalue weighted by molar-refractivity contribution is -0.155. The molecule has 0 aliphatic carbocycles. The number of fused-ring (bicyclic) bond motifs is 3. The van der Waals surface area contributed by atoms with E-state index in [0.717, 1.165) is 10.9 Å². The maximum absolute atomic E-state index is 13.4. The lowest BCUT2D eigenvalue weighted by Gasteiger charge is -2.38. The standard InChI is InChI=1S/C22H19ClF6N6O/c23-11-3-4-14-13(9-11)12-5-7-35(15(16(12)31-14)8-10-2-1-6-30-17(10)36)20-33-18(21(24,25)26)32-19(34-20)22(27,28)29/h3-4,9-10,15,31H,1-2,5-8H2,(H,30,36)/t10-,15+/m1/s1. The molecule has 7 nitrogen and oxygen atoms in total. The molecule has 1 aromatic carbocycles. The van der Waals surface area contributed by atoms with E-state index in [4.69, 9.17) is 11.6 Å². The van der Waals surface area contributed by atoms with Crippen LogP contribution < -0.4 is 10.2 Å². The summed E-state index contributed by atoms with van der Waals surface area (Å²) in [5.41, 5.74) is 2.14. The highest BCUT2D eigenvalue weighted by Gasteiger charge is 2.44. The van der Waals surface area contributed by atoms with Crippen molar-refractivity contribution < 1.29 is 31.1 Å². The number of nitrogens with zero attached hydrogens (tertiary/aromatic N) is 4. The first-order chi connectivity index (χ1) is 16.9. The molecule has 0 unspecified atom stereocenters. The second-order valence-corrected chi connectivity index (χ2v) is 9.25. The van der Waals surface area contributed by atoms with E-state index in [2.05, 4.69) is 25.3 Å². The number of hydrogen-bond acceptors (Lipinski definition) is 5. The number of aromatic amines is 1. The van der Waals surface area contributed by atoms with Gasteiger partial charge in [-0.1, -0.05) is 11.6 Å². The Morgan fingerprint density at radius 3 is 2.39 bits per heavy atom. The Morgan fingerprint density at radius 1 is 1.06 bits per heavy atom. The van der Waals surface area contributed by atoms with Crippen molar-refractivity contribution in [3.8, 4) is 0 Å². The van der Waals surface area contributed by atoms with E-state index in [-0.39, 0.29) is 25.3 Å². The summed E-state index contributed by atoms with van der Waals surface area (Å²) in [6.07, 6.45) is -8.74. The second-order valence-electron chi connectivity index (χ2n) is 8.81. The summed E-state index contributed by atoms with van der Waals surface area (Å²) in [4.78, 5) is 26.5. The lowest BCUT2D eigenvalue weighted by Crippen LogP contribution is -2.42. The van der Waals surface area contributed by atoms with Crippen molar-refractivity contribution in [2.24, 2.45) is 5.92 Å². The third-order valence-electron chi connectivity index (χ3n) is 6.51. The van der Waals surface area contributed by atoms with Crippen LogP contribution in [0.2, 0.25) is 5.02 Å². The summed E-state index contributed by atoms with van der Waals surface area (Å²) < 4.78 is 80.6. The number of hydrogen-bond donors (Lipinski definition) is 2. The molecule has 4 heterocycles. The summed E-state index contributed by atoms with van der Waals surface area (Å²) in [7, 11) is 0. The maximum Gasteiger partial charge on any atom is 0.451 e. The first-order valence-corrected chi connectivity index (χ1v) is 11.5. The Hall–Kier alpha value is -3.09. The van der Waals surface area contributed by atoms with Crippen LogP contribution in [0, 0.1) is 5.92 Å². The molecule has 1 amide bonds. The highest BCUT2D eigenvalue weighted by molar-refractivity contribution is 6.31. The van der Waals surface area contributed by atoms with Crippen molar-refractivity contribution in [1.82, 2.24) is 25.3 Å². The van der Waals surface area contributed by atoms with Gasteiger partial charge in [-0.15, -0.1) is 0 Å². The number of halogens is 7. The summed E-state index contributed by atoms with van der Waals surface area (Å²) in [6.45, 7) is 0.543. The minimum atomic E-state index is -5.21. The fraction of sp³-hybridized carbons (Fsp3) is 0.455. The van der Waals surface area contributed by atoms with Crippen molar-refractivity contribution in [1.29, 1.82) is 0 Å². The predicted octanol–water partition coefficient (Wildman–Crippen LogP) is 5.06. The topological polar surface area (TPSA) is 86.8 Å². The second kappa shape index (κ2) is 8.79. The van der Waals surface area contributed by atoms with Gasteiger partial charge in [0.2, 0.25) is 23.5 Å². The zero-order valence-corrected chi connectivity index (χ0v) is 19.2. The van der Waals surface area contributed by atoms with Crippen LogP contribution >= 0.6 is 11.6 Å². The van der Waals surface area contributed by atoms with Gasteiger partial charge in [-0.25, -0.2) is 4.98 Å². The number of rotatable bonds is 3. The van der Waals surface area contributed by atoms with Crippen LogP contribution in [0.15, 0.2) is 18.2 Å². The molecule has 14 heteroatoms. The monoisotopic (exact) mass is 532 g/mol. The van der Waals surface area contributed by atoms with Gasteiger partial charge in [0.25, 0.3) is 0 Å². The molecule has 0 bridgehead atoms. The van der Waals surface area contributed by atoms with Crippen LogP contribution in [0.4, 0.5) is 32.3 Å². The van der Waals surface area contributed by atoms with Crippen LogP contribution in [0.1, 0.15) is 48.2 Å². The van der Waals surface area contributed by atoms with E-state index in [1.807, 2.05) is 0 Å². The number of piperidine rings is 1. The molecule has 2 N–H and O–H groups in total. The maximum atomic E-state index is 13.4. The molecule has 3 aromatic rings. The molecule has 5 rings (SSSR count). The average Bonchev–Trinajstić information content (AvgIpc) is 3.17. The number of amides is 1. The zero-order valence-electron chi connectivity index (χ0n) is 18.5. The number of H-pyrrole nitrogens is 1. The molecule has 2 aliphatic heterocycles. The SMILES string of the molecule is O=C1NCCC[C@@H]1C[C@H]1c2[nH]c3ccc(Cl)cc3c2CCN1c1nc(C(F)(F)F)nc(C(F)(F)F)n1. The first kappa shape index (κ1) is 24.6. The minimum Gasteiger partial charge on any atom is -0.356 e. The van der Waals surface area contributed by atoms with E-state index >= 15 is 0 Å². The fourth-order valence-electron chi connectivity index (χ4n) is 4.90. The number of carbonyl (C=O) groups excluding carboxylic acids is 1. The number of benzene rings is 1. The molecular formula is C22H19ClF6N6O. The van der Waals surface area contributed by atoms with Gasteiger partial charge in [-0.3, -0.25) is 4.79 Å². The van der Waals surface area contributed by atoms with E-state index in [0.29, 0.717) is 35.6 Å². The Kier molecular flexibility index (Phi) is 6.00. The number of aromatic nitrogens is 4. The van der Waals surface area contributed by atoms with Gasteiger partial charge < -0.3 is 15.2 Å². The minimum absolute atomic E-state index is 0.0318. The molecular weight excluding hydrogens is 514 g/mol. The first-order valence-electron chi connectivity index (χ1n) is 11.2. The molecule has 0 radical (unpaired) electrons. The van der Waals surface area contributed by atoms with Crippen LogP contribution in [0.5, 0.6) is 0 Å². The molecule has 1 saturated heterocycles. The van der Waals surface area contributed by atoms with E-state index in [1.165, 1.54) is 4.90 Å². The van der Waals surface area contributed by atoms with Crippen LogP contribution in [0.3, 0.4) is 0 Å². The van der Waals surface area contributed by atoms with Crippen molar-refractivity contribution >= 4 is 34.4 Å². The Morgan fingerprint density at radius 2 is 1.75 bits per heavy atom. The highest BCUT2D eigenvalue weighted by atomic mass is 35.5. The largest absolute Gasteiger partial charge is 0.451 e. The summed E-state index contributed by atoms with van der Waals surface area (Å²) >= 11 is 6.16. The van der Waals surface area contributed by atoms with Crippen molar-refractivity contribution in [3.63, 3.8) is 0 Å². The average molecular weight is 533 g/mol. The lowest BCUT2D eigenvalue weighted by atomic mass is 9.86. The Bertz CT molecular complexity index is 1290. The fourth-order valence-corrected chi connectivity index (χ4v) is 5.07. The number of anilines is 1. The van der Waals surface area contributed by atoms with Gasteiger partial charge in [0.1, 0.15) is 0 Å². The number of alkyl halides is 6. The highest BCUT2D eigenvalue weighted by Crippen LogP contribution is 2.42. The van der Waals surface area contributed by atoms with Gasteiger partial charge in [-0.2, -0.15) is 36.3 Å². The quantitative estimate of drug-likeness (QED) is 0.460. The van der Waals surface area contributed by atoms with E-state index in [1.54, 1.807) is 18.2 Å². The Labute approximate surface area is 205 Å². The van der Waals surface area contributed by atoms with E-state index < -0.39 is 41.9 Å². The van der Waals surface area contributed by atoms with Gasteiger partial charge in [0, 0.05) is 40.6 Å². The van der Waals surface area contributed by atoms with Crippen molar-refractivity contribution in [3.05, 3.63) is 46.1 Å². The third kappa shape index (κ3) is 4.56. The normalized spacial score (nSPS) is 21.0. The van der Waals surface area contributed by atoms with Crippen LogP contribution in [0.25, 0.3) is 10.9 Å². The van der Waals surface area contributed by atoms with Crippen molar-refractivity contribution in [2.45, 2.75) is 44.1 Å². The van der Waals surface area contributed by atoms with Crippen molar-refractivity contribution in [2.75, 3.05) is 18.0 Å². The predicted molar refractivity (Wildman–Crippen MR) is 117 cm³/mol. The smallest absolute Gasteiger partial charge is 0.356 e. The van der Waals surface area contributed by atoms with Gasteiger partial charge in [0.05, 0.1) is 6.04 Å².